The van der Waals surface area contributed by atoms with Crippen molar-refractivity contribution in [2.45, 2.75) is 6.10 Å². The van der Waals surface area contributed by atoms with Crippen molar-refractivity contribution in [1.82, 2.24) is 0 Å². The topological polar surface area (TPSA) is 46.7 Å². The van der Waals surface area contributed by atoms with Gasteiger partial charge in [-0.3, -0.25) is 0 Å². The molecule has 1 atom stereocenters. The Bertz CT molecular complexity index is 169. The molecule has 48 valence electrons. The summed E-state index contributed by atoms with van der Waals surface area (Å²) in [5, 5.41) is 0. The Morgan fingerprint density at radius 3 is 2.38 bits per heavy atom. The lowest BCUT2D eigenvalue weighted by molar-refractivity contribution is 0.423. The van der Waals surface area contributed by atoms with E-state index in [1.54, 1.807) is 0 Å². The maximum absolute atomic E-state index is 10.2. The Morgan fingerprint density at radius 1 is 1.75 bits per heavy atom. The normalized spacial score (nSPS) is 27.9. The van der Waals surface area contributed by atoms with Gasteiger partial charge in [0.1, 0.15) is 0 Å². The zero-order valence-corrected chi connectivity index (χ0v) is 5.57. The van der Waals surface area contributed by atoms with E-state index in [0.717, 1.165) is 0 Å². The lowest BCUT2D eigenvalue weighted by Gasteiger charge is -1.84. The van der Waals surface area contributed by atoms with Crippen LogP contribution in [-0.4, -0.2) is 26.9 Å². The largest absolute Gasteiger partial charge is 0.372 e. The summed E-state index contributed by atoms with van der Waals surface area (Å²) >= 11 is 0. The number of ether oxygens (including phenoxy) is 1. The quantitative estimate of drug-likeness (QED) is 0.416. The van der Waals surface area contributed by atoms with E-state index in [1.165, 1.54) is 0 Å². The van der Waals surface area contributed by atoms with Crippen LogP contribution >= 0.6 is 10.7 Å². The van der Waals surface area contributed by atoms with Gasteiger partial charge in [-0.25, -0.2) is 8.42 Å². The lowest BCUT2D eigenvalue weighted by atomic mass is 10.6. The zero-order chi connectivity index (χ0) is 6.20. The van der Waals surface area contributed by atoms with Crippen molar-refractivity contribution < 1.29 is 13.2 Å². The van der Waals surface area contributed by atoms with Gasteiger partial charge >= 0.3 is 0 Å². The molecule has 1 aliphatic heterocycles. The van der Waals surface area contributed by atoms with Crippen LogP contribution in [0.1, 0.15) is 0 Å². The molecule has 0 saturated carbocycles. The average molecular weight is 157 g/mol. The molecule has 0 N–H and O–H groups in total. The molecule has 1 heterocycles. The van der Waals surface area contributed by atoms with Crippen LogP contribution in [0.25, 0.3) is 0 Å². The highest BCUT2D eigenvalue weighted by Gasteiger charge is 2.27. The summed E-state index contributed by atoms with van der Waals surface area (Å²) in [6.45, 7) is 0.534. The van der Waals surface area contributed by atoms with Crippen LogP contribution in [0.3, 0.4) is 0 Å². The molecule has 0 aliphatic carbocycles. The Morgan fingerprint density at radius 2 is 2.25 bits per heavy atom. The van der Waals surface area contributed by atoms with Crippen molar-refractivity contribution in [3.63, 3.8) is 0 Å². The molecule has 0 aromatic carbocycles. The van der Waals surface area contributed by atoms with Crippen LogP contribution in [0.2, 0.25) is 0 Å². The first kappa shape index (κ1) is 6.32. The minimum Gasteiger partial charge on any atom is -0.372 e. The minimum atomic E-state index is -3.31. The molecular formula is C3H5ClO3S. The third kappa shape index (κ3) is 2.49. The van der Waals surface area contributed by atoms with Crippen molar-refractivity contribution in [2.24, 2.45) is 0 Å². The van der Waals surface area contributed by atoms with Gasteiger partial charge in [0.15, 0.2) is 0 Å². The molecular weight excluding hydrogens is 152 g/mol. The number of hydrogen-bond donors (Lipinski definition) is 0. The van der Waals surface area contributed by atoms with E-state index in [2.05, 4.69) is 4.74 Å². The predicted octanol–water partition coefficient (Wildman–Crippen LogP) is -0.0462. The predicted molar refractivity (Wildman–Crippen MR) is 29.4 cm³/mol. The third-order valence-electron chi connectivity index (χ3n) is 0.787. The van der Waals surface area contributed by atoms with E-state index in [0.29, 0.717) is 6.61 Å². The molecule has 0 aromatic rings. The van der Waals surface area contributed by atoms with Crippen LogP contribution in [-0.2, 0) is 13.8 Å². The average Bonchev–Trinajstić information content (AvgIpc) is 2.12. The highest BCUT2D eigenvalue weighted by Crippen LogP contribution is 2.13. The zero-order valence-electron chi connectivity index (χ0n) is 4.00. The number of hydrogen-bond acceptors (Lipinski definition) is 3. The Balaban J connectivity index is 2.38. The second kappa shape index (κ2) is 1.86. The van der Waals surface area contributed by atoms with Gasteiger partial charge in [-0.2, -0.15) is 0 Å². The van der Waals surface area contributed by atoms with Gasteiger partial charge in [0.2, 0.25) is 9.05 Å². The molecule has 5 heteroatoms. The highest BCUT2D eigenvalue weighted by molar-refractivity contribution is 8.13. The first-order chi connectivity index (χ1) is 3.58. The summed E-state index contributed by atoms with van der Waals surface area (Å²) < 4.78 is 25.0. The molecule has 0 unspecified atom stereocenters. The van der Waals surface area contributed by atoms with E-state index in [4.69, 9.17) is 10.7 Å². The van der Waals surface area contributed by atoms with Crippen LogP contribution in [0.5, 0.6) is 0 Å². The van der Waals surface area contributed by atoms with E-state index in [9.17, 15) is 8.42 Å². The lowest BCUT2D eigenvalue weighted by Crippen LogP contribution is -2.03. The summed E-state index contributed by atoms with van der Waals surface area (Å²) in [6.07, 6.45) is -0.127. The van der Waals surface area contributed by atoms with Gasteiger partial charge in [0.05, 0.1) is 18.5 Å². The fraction of sp³-hybridized carbons (Fsp3) is 1.00. The van der Waals surface area contributed by atoms with Crippen LogP contribution in [0.15, 0.2) is 0 Å². The molecule has 0 amide bonds. The monoisotopic (exact) mass is 156 g/mol. The highest BCUT2D eigenvalue weighted by atomic mass is 35.7. The number of epoxide rings is 1. The van der Waals surface area contributed by atoms with Gasteiger partial charge in [0, 0.05) is 10.7 Å². The van der Waals surface area contributed by atoms with Gasteiger partial charge in [0.25, 0.3) is 0 Å². The molecule has 1 aliphatic rings. The second-order valence-corrected chi connectivity index (χ2v) is 4.48. The maximum atomic E-state index is 10.2. The van der Waals surface area contributed by atoms with E-state index in [1.807, 2.05) is 0 Å². The van der Waals surface area contributed by atoms with Crippen LogP contribution < -0.4 is 0 Å². The summed E-state index contributed by atoms with van der Waals surface area (Å²) in [4.78, 5) is 0. The van der Waals surface area contributed by atoms with Crippen LogP contribution in [0.4, 0.5) is 0 Å². The Kier molecular flexibility index (Phi) is 1.47. The number of rotatable bonds is 2. The molecule has 0 spiro atoms. The Hall–Kier alpha value is 0.200. The molecule has 0 aromatic heterocycles. The summed E-state index contributed by atoms with van der Waals surface area (Å²) in [6, 6.07) is 0. The summed E-state index contributed by atoms with van der Waals surface area (Å²) in [5.41, 5.74) is 0. The van der Waals surface area contributed by atoms with Crippen LogP contribution in [0, 0.1) is 0 Å². The minimum absolute atomic E-state index is 0.0471. The summed E-state index contributed by atoms with van der Waals surface area (Å²) in [7, 11) is 1.55. The fourth-order valence-electron chi connectivity index (χ4n) is 0.386. The van der Waals surface area contributed by atoms with Crippen molar-refractivity contribution >= 4 is 19.7 Å². The molecule has 0 bridgehead atoms. The first-order valence-corrected chi connectivity index (χ1v) is 4.60. The molecule has 0 radical (unpaired) electrons. The SMILES string of the molecule is O=S(=O)(Cl)C[C@@H]1CO1. The number of halogens is 1. The van der Waals surface area contributed by atoms with Crippen molar-refractivity contribution in [2.75, 3.05) is 12.4 Å². The van der Waals surface area contributed by atoms with E-state index in [-0.39, 0.29) is 11.9 Å². The van der Waals surface area contributed by atoms with E-state index >= 15 is 0 Å². The van der Waals surface area contributed by atoms with Gasteiger partial charge in [-0.05, 0) is 0 Å². The summed E-state index contributed by atoms with van der Waals surface area (Å²) in [5.74, 6) is -0.0471. The van der Waals surface area contributed by atoms with E-state index < -0.39 is 9.05 Å². The maximum Gasteiger partial charge on any atom is 0.235 e. The van der Waals surface area contributed by atoms with Crippen molar-refractivity contribution in [3.8, 4) is 0 Å². The van der Waals surface area contributed by atoms with Crippen molar-refractivity contribution in [3.05, 3.63) is 0 Å². The molecule has 1 rings (SSSR count). The smallest absolute Gasteiger partial charge is 0.235 e. The first-order valence-electron chi connectivity index (χ1n) is 2.12. The van der Waals surface area contributed by atoms with Crippen molar-refractivity contribution in [1.29, 1.82) is 0 Å². The Labute approximate surface area is 52.0 Å². The molecule has 1 fully saturated rings. The fourth-order valence-corrected chi connectivity index (χ4v) is 1.44. The van der Waals surface area contributed by atoms with Gasteiger partial charge in [-0.1, -0.05) is 0 Å². The standard InChI is InChI=1S/C3H5ClO3S/c4-8(5,6)2-3-1-7-3/h3H,1-2H2/t3-/m0/s1. The molecule has 3 nitrogen and oxygen atoms in total. The third-order valence-corrected chi connectivity index (χ3v) is 1.94. The second-order valence-electron chi connectivity index (χ2n) is 1.66. The molecule has 8 heavy (non-hydrogen) atoms. The van der Waals surface area contributed by atoms with Gasteiger partial charge in [-0.15, -0.1) is 0 Å². The molecule has 1 saturated heterocycles. The van der Waals surface area contributed by atoms with Gasteiger partial charge < -0.3 is 4.74 Å².